The third kappa shape index (κ3) is 5.02. The fourth-order valence-electron chi connectivity index (χ4n) is 3.69. The maximum atomic E-state index is 12.9. The molecular weight excluding hydrogens is 386 g/mol. The Bertz CT molecular complexity index is 753. The zero-order valence-electron chi connectivity index (χ0n) is 16.1. The summed E-state index contributed by atoms with van der Waals surface area (Å²) in [5.74, 6) is 0.135. The van der Waals surface area contributed by atoms with Gasteiger partial charge in [-0.3, -0.25) is 4.79 Å². The van der Waals surface area contributed by atoms with Crippen molar-refractivity contribution in [3.8, 4) is 0 Å². The van der Waals surface area contributed by atoms with Gasteiger partial charge in [-0.05, 0) is 62.9 Å². The minimum Gasteiger partial charge on any atom is -0.341 e. The van der Waals surface area contributed by atoms with Crippen molar-refractivity contribution in [1.29, 1.82) is 0 Å². The molecule has 2 saturated heterocycles. The Hall–Kier alpha value is -1.15. The zero-order valence-corrected chi connectivity index (χ0v) is 17.7. The van der Waals surface area contributed by atoms with E-state index in [0.717, 1.165) is 43.7 Å². The van der Waals surface area contributed by atoms with Crippen molar-refractivity contribution in [2.75, 3.05) is 39.3 Å². The van der Waals surface area contributed by atoms with Gasteiger partial charge < -0.3 is 10.2 Å². The number of carbonyl (C=O) groups excluding carboxylic acids is 1. The third-order valence-electron chi connectivity index (χ3n) is 5.57. The predicted octanol–water partition coefficient (Wildman–Crippen LogP) is 1.95. The number of nitrogens with zero attached hydrogens (tertiary/aromatic N) is 2. The number of amides is 1. The number of halogens is 1. The maximum Gasteiger partial charge on any atom is 0.243 e. The van der Waals surface area contributed by atoms with Crippen LogP contribution in [-0.4, -0.2) is 62.8 Å². The number of hydrogen-bond donors (Lipinski definition) is 1. The number of benzene rings is 1. The first-order valence-electron chi connectivity index (χ1n) is 9.46. The van der Waals surface area contributed by atoms with Gasteiger partial charge in [0.05, 0.1) is 4.90 Å². The van der Waals surface area contributed by atoms with E-state index in [0.29, 0.717) is 30.8 Å². The molecule has 0 spiro atoms. The summed E-state index contributed by atoms with van der Waals surface area (Å²) >= 11 is 0. The van der Waals surface area contributed by atoms with Crippen molar-refractivity contribution >= 4 is 28.3 Å². The second-order valence-electron chi connectivity index (χ2n) is 7.35. The van der Waals surface area contributed by atoms with E-state index < -0.39 is 10.0 Å². The summed E-state index contributed by atoms with van der Waals surface area (Å²) < 4.78 is 27.3. The minimum absolute atomic E-state index is 0. The van der Waals surface area contributed by atoms with Crippen molar-refractivity contribution in [2.24, 2.45) is 5.92 Å². The van der Waals surface area contributed by atoms with E-state index in [2.05, 4.69) is 5.32 Å². The quantitative estimate of drug-likeness (QED) is 0.819. The monoisotopic (exact) mass is 415 g/mol. The van der Waals surface area contributed by atoms with Crippen molar-refractivity contribution in [3.05, 3.63) is 29.3 Å². The van der Waals surface area contributed by atoms with Crippen LogP contribution in [0.5, 0.6) is 0 Å². The summed E-state index contributed by atoms with van der Waals surface area (Å²) in [5.41, 5.74) is 2.06. The van der Waals surface area contributed by atoms with Crippen LogP contribution in [0.3, 0.4) is 0 Å². The largest absolute Gasteiger partial charge is 0.341 e. The molecule has 2 heterocycles. The molecule has 1 aromatic carbocycles. The SMILES string of the molecule is Cc1ccc(S(=O)(=O)N2CCC(C(=O)N3CCCNCC3)CC2)cc1C.Cl. The Morgan fingerprint density at radius 1 is 1.04 bits per heavy atom. The van der Waals surface area contributed by atoms with E-state index in [1.807, 2.05) is 24.8 Å². The summed E-state index contributed by atoms with van der Waals surface area (Å²) in [6.07, 6.45) is 2.19. The molecule has 2 aliphatic heterocycles. The molecule has 2 fully saturated rings. The Morgan fingerprint density at radius 3 is 2.41 bits per heavy atom. The summed E-state index contributed by atoms with van der Waals surface area (Å²) in [7, 11) is -3.48. The number of nitrogens with one attached hydrogen (secondary N) is 1. The maximum absolute atomic E-state index is 12.9. The van der Waals surface area contributed by atoms with Crippen LogP contribution in [0.4, 0.5) is 0 Å². The Kier molecular flexibility index (Phi) is 7.68. The van der Waals surface area contributed by atoms with Gasteiger partial charge in [-0.25, -0.2) is 8.42 Å². The zero-order chi connectivity index (χ0) is 18.7. The fourth-order valence-corrected chi connectivity index (χ4v) is 5.25. The first kappa shape index (κ1) is 22.1. The van der Waals surface area contributed by atoms with Gasteiger partial charge >= 0.3 is 0 Å². The van der Waals surface area contributed by atoms with E-state index in [1.54, 1.807) is 12.1 Å². The highest BCUT2D eigenvalue weighted by Gasteiger charge is 2.34. The fraction of sp³-hybridized carbons (Fsp3) is 0.632. The third-order valence-corrected chi connectivity index (χ3v) is 7.47. The minimum atomic E-state index is -3.48. The van der Waals surface area contributed by atoms with E-state index in [1.165, 1.54) is 4.31 Å². The van der Waals surface area contributed by atoms with Crippen LogP contribution < -0.4 is 5.32 Å². The topological polar surface area (TPSA) is 69.7 Å². The standard InChI is InChI=1S/C19H29N3O3S.ClH/c1-15-4-5-18(14-16(15)2)26(24,25)22-11-6-17(7-12-22)19(23)21-10-3-8-20-9-13-21;/h4-5,14,17,20H,3,6-13H2,1-2H3;1H. The van der Waals surface area contributed by atoms with Crippen LogP contribution in [0.15, 0.2) is 23.1 Å². The molecule has 6 nitrogen and oxygen atoms in total. The normalized spacial score (nSPS) is 20.0. The van der Waals surface area contributed by atoms with Crippen molar-refractivity contribution < 1.29 is 13.2 Å². The first-order valence-corrected chi connectivity index (χ1v) is 10.9. The van der Waals surface area contributed by atoms with Crippen molar-refractivity contribution in [3.63, 3.8) is 0 Å². The number of rotatable bonds is 3. The molecule has 1 N–H and O–H groups in total. The smallest absolute Gasteiger partial charge is 0.243 e. The van der Waals surface area contributed by atoms with Crippen LogP contribution in [-0.2, 0) is 14.8 Å². The Labute approximate surface area is 168 Å². The van der Waals surface area contributed by atoms with Gasteiger partial charge in [0.2, 0.25) is 15.9 Å². The highest BCUT2D eigenvalue weighted by Crippen LogP contribution is 2.26. The van der Waals surface area contributed by atoms with Gasteiger partial charge in [-0.1, -0.05) is 6.07 Å². The molecule has 1 amide bonds. The number of sulfonamides is 1. The second kappa shape index (κ2) is 9.37. The lowest BCUT2D eigenvalue weighted by molar-refractivity contribution is -0.136. The lowest BCUT2D eigenvalue weighted by atomic mass is 9.96. The molecular formula is C19H30ClN3O3S. The highest BCUT2D eigenvalue weighted by atomic mass is 35.5. The van der Waals surface area contributed by atoms with Crippen molar-refractivity contribution in [2.45, 2.75) is 38.0 Å². The number of piperidine rings is 1. The van der Waals surface area contributed by atoms with E-state index in [4.69, 9.17) is 0 Å². The average molecular weight is 416 g/mol. The van der Waals surface area contributed by atoms with Gasteiger partial charge in [0.25, 0.3) is 0 Å². The molecule has 1 aromatic rings. The molecule has 3 rings (SSSR count). The summed E-state index contributed by atoms with van der Waals surface area (Å²) in [6.45, 7) is 8.07. The van der Waals surface area contributed by atoms with Crippen LogP contribution in [0.2, 0.25) is 0 Å². The average Bonchev–Trinajstić information content (AvgIpc) is 2.93. The van der Waals surface area contributed by atoms with Gasteiger partial charge in [0.15, 0.2) is 0 Å². The molecule has 2 aliphatic rings. The molecule has 0 atom stereocenters. The van der Waals surface area contributed by atoms with E-state index in [-0.39, 0.29) is 24.2 Å². The lowest BCUT2D eigenvalue weighted by Crippen LogP contribution is -2.45. The molecule has 0 bridgehead atoms. The molecule has 152 valence electrons. The predicted molar refractivity (Wildman–Crippen MR) is 109 cm³/mol. The second-order valence-corrected chi connectivity index (χ2v) is 9.29. The molecule has 0 unspecified atom stereocenters. The van der Waals surface area contributed by atoms with Crippen molar-refractivity contribution in [1.82, 2.24) is 14.5 Å². The Balaban J connectivity index is 0.00000261. The molecule has 0 saturated carbocycles. The molecule has 8 heteroatoms. The van der Waals surface area contributed by atoms with Crippen LogP contribution in [0, 0.1) is 19.8 Å². The molecule has 27 heavy (non-hydrogen) atoms. The summed E-state index contributed by atoms with van der Waals surface area (Å²) in [5, 5.41) is 3.31. The van der Waals surface area contributed by atoms with Gasteiger partial charge in [0.1, 0.15) is 0 Å². The van der Waals surface area contributed by atoms with Gasteiger partial charge in [0, 0.05) is 38.6 Å². The Morgan fingerprint density at radius 2 is 1.74 bits per heavy atom. The summed E-state index contributed by atoms with van der Waals surface area (Å²) in [4.78, 5) is 15.0. The van der Waals surface area contributed by atoms with Crippen LogP contribution in [0.25, 0.3) is 0 Å². The van der Waals surface area contributed by atoms with Gasteiger partial charge in [-0.2, -0.15) is 4.31 Å². The number of carbonyl (C=O) groups is 1. The lowest BCUT2D eigenvalue weighted by Gasteiger charge is -2.33. The molecule has 0 aromatic heterocycles. The van der Waals surface area contributed by atoms with E-state index in [9.17, 15) is 13.2 Å². The highest BCUT2D eigenvalue weighted by molar-refractivity contribution is 7.89. The first-order chi connectivity index (χ1) is 12.4. The van der Waals surface area contributed by atoms with Crippen LogP contribution in [0.1, 0.15) is 30.4 Å². The van der Waals surface area contributed by atoms with Crippen LogP contribution >= 0.6 is 12.4 Å². The summed E-state index contributed by atoms with van der Waals surface area (Å²) in [6, 6.07) is 5.27. The van der Waals surface area contributed by atoms with E-state index >= 15 is 0 Å². The molecule has 0 aliphatic carbocycles. The number of hydrogen-bond acceptors (Lipinski definition) is 4. The number of aryl methyl sites for hydroxylation is 2. The molecule has 0 radical (unpaired) electrons. The van der Waals surface area contributed by atoms with Gasteiger partial charge in [-0.15, -0.1) is 12.4 Å².